The summed E-state index contributed by atoms with van der Waals surface area (Å²) < 4.78 is 4.96. The summed E-state index contributed by atoms with van der Waals surface area (Å²) in [7, 11) is 0. The topological polar surface area (TPSA) is 96.0 Å². The standard InChI is InChI=1S/C23H23N3O5/c1-3-13-25-19(21(28)26(23(25)30)18-11-6-5-7-12-18)15-20(27)24-17-10-8-9-16(14-17)22(29)31-4-2/h3,5-12,14,19H,1,4,13,15H2,2H3,(H,24,27)/t19-/m0/s1. The Labute approximate surface area is 180 Å². The van der Waals surface area contributed by atoms with E-state index in [9.17, 15) is 19.2 Å². The average molecular weight is 421 g/mol. The number of imide groups is 1. The zero-order valence-electron chi connectivity index (χ0n) is 17.1. The number of anilines is 2. The lowest BCUT2D eigenvalue weighted by molar-refractivity contribution is -0.124. The number of carbonyl (C=O) groups is 4. The van der Waals surface area contributed by atoms with E-state index in [-0.39, 0.29) is 19.6 Å². The Morgan fingerprint density at radius 1 is 1.13 bits per heavy atom. The molecule has 8 nitrogen and oxygen atoms in total. The summed E-state index contributed by atoms with van der Waals surface area (Å²) in [5.41, 5.74) is 1.13. The van der Waals surface area contributed by atoms with Crippen LogP contribution < -0.4 is 10.2 Å². The summed E-state index contributed by atoms with van der Waals surface area (Å²) in [6, 6.07) is 13.4. The van der Waals surface area contributed by atoms with Gasteiger partial charge in [0.15, 0.2) is 0 Å². The number of esters is 1. The van der Waals surface area contributed by atoms with E-state index in [2.05, 4.69) is 11.9 Å². The van der Waals surface area contributed by atoms with E-state index in [1.807, 2.05) is 0 Å². The number of nitrogens with zero attached hydrogens (tertiary/aromatic N) is 2. The van der Waals surface area contributed by atoms with Gasteiger partial charge in [-0.15, -0.1) is 6.58 Å². The van der Waals surface area contributed by atoms with E-state index in [0.717, 1.165) is 4.90 Å². The van der Waals surface area contributed by atoms with Crippen LogP contribution >= 0.6 is 0 Å². The van der Waals surface area contributed by atoms with Crippen LogP contribution in [0.5, 0.6) is 0 Å². The molecule has 0 bridgehead atoms. The van der Waals surface area contributed by atoms with Crippen molar-refractivity contribution < 1.29 is 23.9 Å². The second-order valence-corrected chi connectivity index (χ2v) is 6.80. The molecule has 2 aromatic rings. The second-order valence-electron chi connectivity index (χ2n) is 6.80. The highest BCUT2D eigenvalue weighted by molar-refractivity contribution is 6.22. The molecular weight excluding hydrogens is 398 g/mol. The number of para-hydroxylation sites is 1. The van der Waals surface area contributed by atoms with Gasteiger partial charge < -0.3 is 15.0 Å². The van der Waals surface area contributed by atoms with Crippen LogP contribution in [0, 0.1) is 0 Å². The maximum absolute atomic E-state index is 13.0. The molecule has 1 heterocycles. The number of hydrogen-bond acceptors (Lipinski definition) is 5. The van der Waals surface area contributed by atoms with Crippen LogP contribution in [-0.2, 0) is 14.3 Å². The molecule has 0 spiro atoms. The van der Waals surface area contributed by atoms with E-state index in [1.165, 1.54) is 17.0 Å². The Morgan fingerprint density at radius 2 is 1.87 bits per heavy atom. The van der Waals surface area contributed by atoms with E-state index < -0.39 is 29.9 Å². The van der Waals surface area contributed by atoms with Crippen molar-refractivity contribution in [1.82, 2.24) is 4.90 Å². The van der Waals surface area contributed by atoms with Crippen molar-refractivity contribution >= 4 is 35.2 Å². The summed E-state index contributed by atoms with van der Waals surface area (Å²) in [5, 5.41) is 2.68. The third-order valence-corrected chi connectivity index (χ3v) is 4.70. The first-order valence-corrected chi connectivity index (χ1v) is 9.83. The largest absolute Gasteiger partial charge is 0.462 e. The molecule has 0 aliphatic carbocycles. The molecule has 0 unspecified atom stereocenters. The number of hydrogen-bond donors (Lipinski definition) is 1. The summed E-state index contributed by atoms with van der Waals surface area (Å²) in [6.07, 6.45) is 1.28. The summed E-state index contributed by atoms with van der Waals surface area (Å²) >= 11 is 0. The first kappa shape index (κ1) is 21.8. The minimum absolute atomic E-state index is 0.129. The lowest BCUT2D eigenvalue weighted by Crippen LogP contribution is -2.38. The summed E-state index contributed by atoms with van der Waals surface area (Å²) in [6.45, 7) is 5.71. The van der Waals surface area contributed by atoms with E-state index in [0.29, 0.717) is 16.9 Å². The molecule has 1 aliphatic rings. The fourth-order valence-electron chi connectivity index (χ4n) is 3.32. The number of nitrogens with one attached hydrogen (secondary N) is 1. The van der Waals surface area contributed by atoms with Gasteiger partial charge in [-0.1, -0.05) is 30.3 Å². The van der Waals surface area contributed by atoms with Crippen LogP contribution in [0.3, 0.4) is 0 Å². The molecule has 8 heteroatoms. The average Bonchev–Trinajstić information content (AvgIpc) is 2.99. The predicted molar refractivity (Wildman–Crippen MR) is 116 cm³/mol. The van der Waals surface area contributed by atoms with Gasteiger partial charge in [-0.2, -0.15) is 0 Å². The monoisotopic (exact) mass is 421 g/mol. The van der Waals surface area contributed by atoms with Crippen molar-refractivity contribution in [3.63, 3.8) is 0 Å². The molecule has 4 amide bonds. The Morgan fingerprint density at radius 3 is 2.55 bits per heavy atom. The molecule has 0 radical (unpaired) electrons. The third kappa shape index (κ3) is 4.80. The molecule has 0 aromatic heterocycles. The van der Waals surface area contributed by atoms with Crippen LogP contribution in [0.25, 0.3) is 0 Å². The minimum atomic E-state index is -0.959. The fraction of sp³-hybridized carbons (Fsp3) is 0.217. The van der Waals surface area contributed by atoms with Gasteiger partial charge in [-0.25, -0.2) is 14.5 Å². The highest BCUT2D eigenvalue weighted by Gasteiger charge is 2.46. The van der Waals surface area contributed by atoms with Crippen LogP contribution in [0.2, 0.25) is 0 Å². The Hall–Kier alpha value is -3.94. The molecule has 0 saturated carbocycles. The van der Waals surface area contributed by atoms with Crippen LogP contribution in [0.1, 0.15) is 23.7 Å². The van der Waals surface area contributed by atoms with E-state index in [4.69, 9.17) is 4.74 Å². The number of ether oxygens (including phenoxy) is 1. The van der Waals surface area contributed by atoms with Gasteiger partial charge in [0.2, 0.25) is 5.91 Å². The number of carbonyl (C=O) groups excluding carboxylic acids is 4. The molecule has 2 aromatic carbocycles. The lowest BCUT2D eigenvalue weighted by atomic mass is 10.1. The first-order valence-electron chi connectivity index (χ1n) is 9.83. The van der Waals surface area contributed by atoms with Crippen LogP contribution in [0.15, 0.2) is 67.3 Å². The van der Waals surface area contributed by atoms with Gasteiger partial charge >= 0.3 is 12.0 Å². The van der Waals surface area contributed by atoms with E-state index in [1.54, 1.807) is 55.5 Å². The Balaban J connectivity index is 1.75. The summed E-state index contributed by atoms with van der Waals surface area (Å²) in [4.78, 5) is 52.8. The van der Waals surface area contributed by atoms with Crippen molar-refractivity contribution in [3.8, 4) is 0 Å². The number of benzene rings is 2. The van der Waals surface area contributed by atoms with Gasteiger partial charge in [-0.05, 0) is 37.3 Å². The predicted octanol–water partition coefficient (Wildman–Crippen LogP) is 3.22. The van der Waals surface area contributed by atoms with Gasteiger partial charge in [0.25, 0.3) is 5.91 Å². The molecular formula is C23H23N3O5. The number of rotatable bonds is 8. The van der Waals surface area contributed by atoms with Crippen LogP contribution in [0.4, 0.5) is 16.2 Å². The zero-order chi connectivity index (χ0) is 22.4. The van der Waals surface area contributed by atoms with Gasteiger partial charge in [0.05, 0.1) is 24.3 Å². The maximum Gasteiger partial charge on any atom is 0.338 e. The quantitative estimate of drug-likeness (QED) is 0.401. The lowest BCUT2D eigenvalue weighted by Gasteiger charge is -2.19. The first-order chi connectivity index (χ1) is 15.0. The van der Waals surface area contributed by atoms with Gasteiger partial charge in [-0.3, -0.25) is 9.59 Å². The second kappa shape index (κ2) is 9.71. The third-order valence-electron chi connectivity index (χ3n) is 4.70. The molecule has 1 atom stereocenters. The van der Waals surface area contributed by atoms with E-state index >= 15 is 0 Å². The molecule has 3 rings (SSSR count). The summed E-state index contributed by atoms with van der Waals surface area (Å²) in [5.74, 6) is -1.43. The zero-order valence-corrected chi connectivity index (χ0v) is 17.1. The minimum Gasteiger partial charge on any atom is -0.462 e. The highest BCUT2D eigenvalue weighted by Crippen LogP contribution is 2.27. The van der Waals surface area contributed by atoms with Crippen molar-refractivity contribution in [3.05, 3.63) is 72.8 Å². The SMILES string of the molecule is C=CCN1C(=O)N(c2ccccc2)C(=O)[C@@H]1CC(=O)Nc1cccc(C(=O)OCC)c1. The molecule has 1 N–H and O–H groups in total. The Bertz CT molecular complexity index is 1010. The van der Waals surface area contributed by atoms with Gasteiger partial charge in [0, 0.05) is 12.2 Å². The Kier molecular flexibility index (Phi) is 6.81. The highest BCUT2D eigenvalue weighted by atomic mass is 16.5. The van der Waals surface area contributed by atoms with Crippen molar-refractivity contribution in [2.24, 2.45) is 0 Å². The number of urea groups is 1. The number of amides is 4. The smallest absolute Gasteiger partial charge is 0.338 e. The molecule has 1 aliphatic heterocycles. The van der Waals surface area contributed by atoms with Crippen molar-refractivity contribution in [2.75, 3.05) is 23.4 Å². The molecule has 31 heavy (non-hydrogen) atoms. The molecule has 1 saturated heterocycles. The normalized spacial score (nSPS) is 15.7. The molecule has 160 valence electrons. The van der Waals surface area contributed by atoms with Crippen LogP contribution in [-0.4, -0.2) is 47.9 Å². The van der Waals surface area contributed by atoms with Crippen molar-refractivity contribution in [2.45, 2.75) is 19.4 Å². The molecule has 1 fully saturated rings. The van der Waals surface area contributed by atoms with Gasteiger partial charge in [0.1, 0.15) is 6.04 Å². The maximum atomic E-state index is 13.0. The fourth-order valence-corrected chi connectivity index (χ4v) is 3.32. The van der Waals surface area contributed by atoms with Crippen molar-refractivity contribution in [1.29, 1.82) is 0 Å².